The van der Waals surface area contributed by atoms with Gasteiger partial charge in [0.2, 0.25) is 0 Å². The van der Waals surface area contributed by atoms with Gasteiger partial charge < -0.3 is 5.73 Å². The highest BCUT2D eigenvalue weighted by Crippen LogP contribution is 2.85. The van der Waals surface area contributed by atoms with Crippen molar-refractivity contribution in [2.24, 2.45) is 21.6 Å². The lowest BCUT2D eigenvalue weighted by atomic mass is 9.97. The predicted octanol–water partition coefficient (Wildman–Crippen LogP) is 4.64. The van der Waals surface area contributed by atoms with E-state index in [4.69, 9.17) is 28.9 Å². The van der Waals surface area contributed by atoms with Gasteiger partial charge >= 0.3 is 0 Å². The number of hydrogen-bond donors (Lipinski definition) is 1. The van der Waals surface area contributed by atoms with Crippen LogP contribution in [0.4, 0.5) is 0 Å². The van der Waals surface area contributed by atoms with E-state index in [0.717, 1.165) is 17.1 Å². The highest BCUT2D eigenvalue weighted by atomic mass is 35.5. The van der Waals surface area contributed by atoms with Crippen LogP contribution in [0, 0.1) is 33.5 Å². The fourth-order valence-electron chi connectivity index (χ4n) is 3.95. The van der Waals surface area contributed by atoms with Crippen LogP contribution in [0.15, 0.2) is 23.2 Å². The van der Waals surface area contributed by atoms with E-state index >= 15 is 0 Å². The van der Waals surface area contributed by atoms with Crippen molar-refractivity contribution < 1.29 is 0 Å². The molecule has 1 aliphatic heterocycles. The topological polar surface area (TPSA) is 86.0 Å². The van der Waals surface area contributed by atoms with Gasteiger partial charge in [0.15, 0.2) is 4.20 Å². The summed E-state index contributed by atoms with van der Waals surface area (Å²) in [6, 6.07) is 9.91. The number of thioether (sulfide) groups is 2. The van der Waals surface area contributed by atoms with E-state index in [0.29, 0.717) is 10.0 Å². The number of amidine groups is 1. The number of nitrogens with two attached hydrogens (primary N) is 1. The summed E-state index contributed by atoms with van der Waals surface area (Å²) in [7, 11) is 0. The fourth-order valence-corrected chi connectivity index (χ4v) is 7.72. The molecule has 4 nitrogen and oxygen atoms in total. The number of aliphatic imine (C=N–C) groups is 1. The third-order valence-electron chi connectivity index (χ3n) is 4.88. The first-order valence-electron chi connectivity index (χ1n) is 7.81. The Morgan fingerprint density at radius 3 is 2.32 bits per heavy atom. The molecule has 1 aromatic rings. The van der Waals surface area contributed by atoms with Crippen LogP contribution in [0.5, 0.6) is 0 Å². The lowest BCUT2D eigenvalue weighted by Crippen LogP contribution is -2.31. The Balaban J connectivity index is 2.25. The van der Waals surface area contributed by atoms with Gasteiger partial charge in [-0.1, -0.05) is 43.1 Å². The van der Waals surface area contributed by atoms with Crippen molar-refractivity contribution in [1.82, 2.24) is 0 Å². The maximum absolute atomic E-state index is 10.2. The Hall–Kier alpha value is -1.05. The summed E-state index contributed by atoms with van der Waals surface area (Å²) in [4.78, 5) is 4.65. The van der Waals surface area contributed by atoms with Crippen molar-refractivity contribution in [3.63, 3.8) is 0 Å². The van der Waals surface area contributed by atoms with E-state index in [1.54, 1.807) is 41.7 Å². The molecule has 2 aliphatic rings. The van der Waals surface area contributed by atoms with Crippen molar-refractivity contribution in [3.05, 3.63) is 33.8 Å². The number of benzene rings is 1. The zero-order valence-corrected chi connectivity index (χ0v) is 16.9. The summed E-state index contributed by atoms with van der Waals surface area (Å²) >= 11 is 15.5. The van der Waals surface area contributed by atoms with Gasteiger partial charge in [-0.15, -0.1) is 23.5 Å². The first-order valence-corrected chi connectivity index (χ1v) is 10.5. The van der Waals surface area contributed by atoms with Gasteiger partial charge in [0.25, 0.3) is 0 Å². The van der Waals surface area contributed by atoms with Gasteiger partial charge in [-0.05, 0) is 29.2 Å². The summed E-state index contributed by atoms with van der Waals surface area (Å²) in [6.45, 7) is 4.02. The molecule has 130 valence electrons. The summed E-state index contributed by atoms with van der Waals surface area (Å²) in [5, 5.41) is 21.2. The largest absolute Gasteiger partial charge is 0.386 e. The monoisotopic (exact) mass is 410 g/mol. The SMILES string of the molecule is CCSC1(SCC)N=C(N)[C@@]2(C#N)[C@H](c3ccc(Cl)cc3Cl)[C@@]12C#N. The summed E-state index contributed by atoms with van der Waals surface area (Å²) in [5.41, 5.74) is 4.78. The Kier molecular flexibility index (Phi) is 4.71. The quantitative estimate of drug-likeness (QED) is 0.714. The molecule has 3 rings (SSSR count). The molecule has 1 aliphatic carbocycles. The smallest absolute Gasteiger partial charge is 0.175 e. The Bertz CT molecular complexity index is 838. The molecule has 0 radical (unpaired) electrons. The first kappa shape index (κ1) is 18.7. The molecule has 25 heavy (non-hydrogen) atoms. The van der Waals surface area contributed by atoms with Crippen LogP contribution in [-0.2, 0) is 0 Å². The van der Waals surface area contributed by atoms with Crippen LogP contribution < -0.4 is 5.73 Å². The molecule has 2 N–H and O–H groups in total. The lowest BCUT2D eigenvalue weighted by Gasteiger charge is -2.31. The van der Waals surface area contributed by atoms with Crippen molar-refractivity contribution in [3.8, 4) is 12.1 Å². The van der Waals surface area contributed by atoms with Crippen LogP contribution in [0.3, 0.4) is 0 Å². The molecule has 3 atom stereocenters. The van der Waals surface area contributed by atoms with Gasteiger partial charge in [-0.25, -0.2) is 4.99 Å². The molecule has 1 fully saturated rings. The van der Waals surface area contributed by atoms with Gasteiger partial charge in [-0.2, -0.15) is 10.5 Å². The minimum atomic E-state index is -1.15. The van der Waals surface area contributed by atoms with Crippen LogP contribution >= 0.6 is 46.7 Å². The second kappa shape index (κ2) is 6.28. The van der Waals surface area contributed by atoms with Crippen LogP contribution in [0.2, 0.25) is 10.0 Å². The molecule has 1 aromatic carbocycles. The Morgan fingerprint density at radius 1 is 1.20 bits per heavy atom. The highest BCUT2D eigenvalue weighted by Gasteiger charge is 2.92. The average molecular weight is 411 g/mol. The van der Waals surface area contributed by atoms with Crippen molar-refractivity contribution in [1.29, 1.82) is 10.5 Å². The molecule has 0 amide bonds. The molecular formula is C17H16Cl2N4S2. The lowest BCUT2D eigenvalue weighted by molar-refractivity contribution is 0.564. The van der Waals surface area contributed by atoms with E-state index in [2.05, 4.69) is 17.1 Å². The third kappa shape index (κ3) is 2.12. The van der Waals surface area contributed by atoms with Crippen molar-refractivity contribution in [2.75, 3.05) is 11.5 Å². The maximum atomic E-state index is 10.2. The second-order valence-electron chi connectivity index (χ2n) is 5.88. The molecule has 0 unspecified atom stereocenters. The fraction of sp³-hybridized carbons (Fsp3) is 0.471. The molecule has 0 saturated heterocycles. The van der Waals surface area contributed by atoms with Crippen molar-refractivity contribution >= 4 is 52.6 Å². The van der Waals surface area contributed by atoms with E-state index in [9.17, 15) is 10.5 Å². The van der Waals surface area contributed by atoms with Gasteiger partial charge in [0.1, 0.15) is 16.7 Å². The number of fused-ring (bicyclic) bond motifs is 1. The Morgan fingerprint density at radius 2 is 1.84 bits per heavy atom. The van der Waals surface area contributed by atoms with Crippen LogP contribution in [0.25, 0.3) is 0 Å². The second-order valence-corrected chi connectivity index (χ2v) is 9.90. The molecule has 1 heterocycles. The normalized spacial score (nSPS) is 31.6. The molecule has 8 heteroatoms. The van der Waals surface area contributed by atoms with E-state index < -0.39 is 21.0 Å². The standard InChI is InChI=1S/C17H16Cl2N4S2/c1-3-24-17(25-4-2)16(9-21)13(15(16,8-20)14(22)23-17)11-6-5-10(18)7-12(11)19/h5-7,13H,3-4H2,1-2H3,(H2,22,23)/t13-,15+,16+/m0/s1. The van der Waals surface area contributed by atoms with Gasteiger partial charge in [0.05, 0.1) is 12.1 Å². The number of nitrogens with zero attached hydrogens (tertiary/aromatic N) is 3. The van der Waals surface area contributed by atoms with Gasteiger partial charge in [0, 0.05) is 16.0 Å². The van der Waals surface area contributed by atoms with E-state index in [1.807, 2.05) is 13.8 Å². The maximum Gasteiger partial charge on any atom is 0.175 e. The minimum absolute atomic E-state index is 0.231. The summed E-state index contributed by atoms with van der Waals surface area (Å²) in [5.74, 6) is 1.33. The zero-order valence-electron chi connectivity index (χ0n) is 13.7. The predicted molar refractivity (Wildman–Crippen MR) is 106 cm³/mol. The Labute approximate surface area is 165 Å². The number of halogens is 2. The number of nitriles is 2. The van der Waals surface area contributed by atoms with E-state index in [-0.39, 0.29) is 5.84 Å². The van der Waals surface area contributed by atoms with Crippen molar-refractivity contribution in [2.45, 2.75) is 24.0 Å². The van der Waals surface area contributed by atoms with Crippen LogP contribution in [0.1, 0.15) is 25.3 Å². The molecule has 0 spiro atoms. The molecular weight excluding hydrogens is 395 g/mol. The molecule has 0 aromatic heterocycles. The molecule has 0 bridgehead atoms. The summed E-state index contributed by atoms with van der Waals surface area (Å²) < 4.78 is -0.807. The summed E-state index contributed by atoms with van der Waals surface area (Å²) in [6.07, 6.45) is 0. The molecule has 1 saturated carbocycles. The zero-order chi connectivity index (χ0) is 18.5. The van der Waals surface area contributed by atoms with Crippen LogP contribution in [-0.4, -0.2) is 21.5 Å². The average Bonchev–Trinajstić information content (AvgIpc) is 3.13. The number of hydrogen-bond acceptors (Lipinski definition) is 6. The highest BCUT2D eigenvalue weighted by molar-refractivity contribution is 8.18. The third-order valence-corrected chi connectivity index (χ3v) is 8.34. The first-order chi connectivity index (χ1) is 11.9. The number of rotatable bonds is 5. The van der Waals surface area contributed by atoms with Gasteiger partial charge in [-0.3, -0.25) is 0 Å². The minimum Gasteiger partial charge on any atom is -0.386 e. The van der Waals surface area contributed by atoms with E-state index in [1.165, 1.54) is 0 Å².